The first-order chi connectivity index (χ1) is 10.8. The van der Waals surface area contributed by atoms with Gasteiger partial charge in [0.15, 0.2) is 0 Å². The van der Waals surface area contributed by atoms with E-state index in [0.717, 1.165) is 16.9 Å². The first-order valence-corrected chi connectivity index (χ1v) is 7.71. The van der Waals surface area contributed by atoms with Crippen LogP contribution in [0.3, 0.4) is 0 Å². The Bertz CT molecular complexity index is 668. The zero-order valence-electron chi connectivity index (χ0n) is 14.6. The lowest BCUT2D eigenvalue weighted by atomic mass is 9.98. The van der Waals surface area contributed by atoms with Gasteiger partial charge in [0.05, 0.1) is 7.11 Å². The number of hydrogen-bond acceptors (Lipinski definition) is 4. The van der Waals surface area contributed by atoms with E-state index in [1.807, 2.05) is 52.0 Å². The minimum Gasteiger partial charge on any atom is -0.496 e. The van der Waals surface area contributed by atoms with Crippen molar-refractivity contribution < 1.29 is 19.0 Å². The van der Waals surface area contributed by atoms with Gasteiger partial charge in [-0.25, -0.2) is 4.79 Å². The Morgan fingerprint density at radius 1 is 1.35 bits per heavy atom. The second kappa shape index (κ2) is 6.49. The van der Waals surface area contributed by atoms with E-state index >= 15 is 0 Å². The van der Waals surface area contributed by atoms with Gasteiger partial charge in [-0.3, -0.25) is 0 Å². The summed E-state index contributed by atoms with van der Waals surface area (Å²) in [4.78, 5) is 12.0. The van der Waals surface area contributed by atoms with Crippen molar-refractivity contribution in [2.75, 3.05) is 7.11 Å². The summed E-state index contributed by atoms with van der Waals surface area (Å²) in [7, 11) is 1.60. The Labute approximate surface area is 137 Å². The van der Waals surface area contributed by atoms with Crippen molar-refractivity contribution in [1.82, 2.24) is 0 Å². The highest BCUT2D eigenvalue weighted by Crippen LogP contribution is 2.39. The molecular formula is C19H24O4. The van der Waals surface area contributed by atoms with Crippen molar-refractivity contribution in [1.29, 1.82) is 0 Å². The molecule has 0 saturated heterocycles. The van der Waals surface area contributed by atoms with Crippen LogP contribution in [0.4, 0.5) is 0 Å². The fourth-order valence-corrected chi connectivity index (χ4v) is 2.35. The van der Waals surface area contributed by atoms with Gasteiger partial charge in [-0.1, -0.05) is 12.2 Å². The van der Waals surface area contributed by atoms with Crippen LogP contribution in [0, 0.1) is 0 Å². The van der Waals surface area contributed by atoms with Crippen LogP contribution in [0.25, 0.3) is 6.08 Å². The molecule has 1 aliphatic heterocycles. The van der Waals surface area contributed by atoms with Gasteiger partial charge in [-0.15, -0.1) is 0 Å². The van der Waals surface area contributed by atoms with E-state index in [1.54, 1.807) is 20.1 Å². The molecule has 4 heteroatoms. The standard InChI is InChI=1S/C19H24O4/c1-7-12(2)18(20)22-13(3)15-10-14-8-9-19(4,5)23-16(14)11-17(15)21-6/h7-11,13H,1-6H3. The number of fused-ring (bicyclic) bond motifs is 1. The molecule has 124 valence electrons. The molecule has 0 N–H and O–H groups in total. The molecule has 1 unspecified atom stereocenters. The molecule has 0 aliphatic carbocycles. The van der Waals surface area contributed by atoms with E-state index in [2.05, 4.69) is 0 Å². The predicted molar refractivity (Wildman–Crippen MR) is 90.7 cm³/mol. The topological polar surface area (TPSA) is 44.8 Å². The van der Waals surface area contributed by atoms with Gasteiger partial charge >= 0.3 is 5.97 Å². The number of esters is 1. The maximum absolute atomic E-state index is 12.0. The van der Waals surface area contributed by atoms with Crippen molar-refractivity contribution >= 4 is 12.0 Å². The maximum atomic E-state index is 12.0. The highest BCUT2D eigenvalue weighted by molar-refractivity contribution is 5.87. The Kier molecular flexibility index (Phi) is 4.83. The van der Waals surface area contributed by atoms with Crippen molar-refractivity contribution in [2.45, 2.75) is 46.3 Å². The molecule has 1 heterocycles. The number of methoxy groups -OCH3 is 1. The van der Waals surface area contributed by atoms with Gasteiger partial charge in [-0.2, -0.15) is 0 Å². The maximum Gasteiger partial charge on any atom is 0.333 e. The van der Waals surface area contributed by atoms with Gasteiger partial charge in [0.2, 0.25) is 0 Å². The molecular weight excluding hydrogens is 292 g/mol. The normalized spacial score (nSPS) is 17.0. The van der Waals surface area contributed by atoms with Gasteiger partial charge < -0.3 is 14.2 Å². The fraction of sp³-hybridized carbons (Fsp3) is 0.421. The first kappa shape index (κ1) is 17.1. The lowest BCUT2D eigenvalue weighted by molar-refractivity contribution is -0.143. The summed E-state index contributed by atoms with van der Waals surface area (Å²) in [6.45, 7) is 9.37. The van der Waals surface area contributed by atoms with Crippen molar-refractivity contribution in [3.63, 3.8) is 0 Å². The smallest absolute Gasteiger partial charge is 0.333 e. The van der Waals surface area contributed by atoms with Crippen LogP contribution in [-0.4, -0.2) is 18.7 Å². The second-order valence-electron chi connectivity index (χ2n) is 6.19. The van der Waals surface area contributed by atoms with Crippen molar-refractivity contribution in [2.24, 2.45) is 0 Å². The van der Waals surface area contributed by atoms with E-state index in [4.69, 9.17) is 14.2 Å². The molecule has 1 atom stereocenters. The van der Waals surface area contributed by atoms with Crippen molar-refractivity contribution in [3.05, 3.63) is 41.0 Å². The summed E-state index contributed by atoms with van der Waals surface area (Å²) in [5, 5.41) is 0. The largest absolute Gasteiger partial charge is 0.496 e. The summed E-state index contributed by atoms with van der Waals surface area (Å²) in [5.74, 6) is 1.09. The lowest BCUT2D eigenvalue weighted by Gasteiger charge is -2.29. The molecule has 2 rings (SSSR count). The van der Waals surface area contributed by atoms with E-state index in [-0.39, 0.29) is 11.6 Å². The molecule has 0 aromatic heterocycles. The average molecular weight is 316 g/mol. The molecule has 1 aliphatic rings. The molecule has 23 heavy (non-hydrogen) atoms. The monoisotopic (exact) mass is 316 g/mol. The average Bonchev–Trinajstić information content (AvgIpc) is 2.51. The molecule has 4 nitrogen and oxygen atoms in total. The first-order valence-electron chi connectivity index (χ1n) is 7.71. The molecule has 1 aromatic rings. The van der Waals surface area contributed by atoms with Crippen molar-refractivity contribution in [3.8, 4) is 11.5 Å². The van der Waals surface area contributed by atoms with Crippen LogP contribution in [0.2, 0.25) is 0 Å². The van der Waals surface area contributed by atoms with Gasteiger partial charge in [0.1, 0.15) is 23.2 Å². The number of benzene rings is 1. The van der Waals surface area contributed by atoms with Crippen LogP contribution in [0.5, 0.6) is 11.5 Å². The molecule has 0 saturated carbocycles. The highest BCUT2D eigenvalue weighted by atomic mass is 16.5. The SMILES string of the molecule is CC=C(C)C(=O)OC(C)c1cc2c(cc1OC)OC(C)(C)C=C2. The Hall–Kier alpha value is -2.23. The summed E-state index contributed by atoms with van der Waals surface area (Å²) in [5.41, 5.74) is 2.00. The van der Waals surface area contributed by atoms with Gasteiger partial charge in [0, 0.05) is 22.8 Å². The summed E-state index contributed by atoms with van der Waals surface area (Å²) < 4.78 is 16.9. The number of hydrogen-bond donors (Lipinski definition) is 0. The quantitative estimate of drug-likeness (QED) is 0.608. The zero-order valence-corrected chi connectivity index (χ0v) is 14.6. The van der Waals surface area contributed by atoms with Crippen LogP contribution in [0.15, 0.2) is 29.9 Å². The van der Waals surface area contributed by atoms with Crippen LogP contribution in [0.1, 0.15) is 51.8 Å². The van der Waals surface area contributed by atoms with Gasteiger partial charge in [-0.05, 0) is 46.8 Å². The molecule has 0 radical (unpaired) electrons. The van der Waals surface area contributed by atoms with Gasteiger partial charge in [0.25, 0.3) is 0 Å². The zero-order chi connectivity index (χ0) is 17.2. The third-order valence-corrected chi connectivity index (χ3v) is 3.88. The van der Waals surface area contributed by atoms with Crippen LogP contribution in [-0.2, 0) is 9.53 Å². The third kappa shape index (κ3) is 3.76. The van der Waals surface area contributed by atoms with E-state index in [1.165, 1.54) is 0 Å². The summed E-state index contributed by atoms with van der Waals surface area (Å²) >= 11 is 0. The Morgan fingerprint density at radius 2 is 2.04 bits per heavy atom. The number of allylic oxidation sites excluding steroid dienone is 1. The molecule has 1 aromatic carbocycles. The van der Waals surface area contributed by atoms with E-state index in [9.17, 15) is 4.79 Å². The summed E-state index contributed by atoms with van der Waals surface area (Å²) in [6, 6.07) is 3.80. The lowest BCUT2D eigenvalue weighted by Crippen LogP contribution is -2.27. The minimum absolute atomic E-state index is 0.326. The number of ether oxygens (including phenoxy) is 3. The van der Waals surface area contributed by atoms with Crippen LogP contribution < -0.4 is 9.47 Å². The number of carbonyl (C=O) groups excluding carboxylic acids is 1. The Morgan fingerprint density at radius 3 is 2.65 bits per heavy atom. The summed E-state index contributed by atoms with van der Waals surface area (Å²) in [6.07, 6.45) is 5.35. The fourth-order valence-electron chi connectivity index (χ4n) is 2.35. The van der Waals surface area contributed by atoms with E-state index in [0.29, 0.717) is 11.3 Å². The van der Waals surface area contributed by atoms with E-state index < -0.39 is 6.10 Å². The number of carbonyl (C=O) groups is 1. The second-order valence-corrected chi connectivity index (χ2v) is 6.19. The van der Waals surface area contributed by atoms with Crippen LogP contribution >= 0.6 is 0 Å². The Balaban J connectivity index is 2.34. The molecule has 0 bridgehead atoms. The minimum atomic E-state index is -0.416. The molecule has 0 fully saturated rings. The molecule has 0 spiro atoms. The molecule has 0 amide bonds. The number of rotatable bonds is 4. The third-order valence-electron chi connectivity index (χ3n) is 3.88. The predicted octanol–water partition coefficient (Wildman–Crippen LogP) is 4.45. The highest BCUT2D eigenvalue weighted by Gasteiger charge is 2.25.